The third-order valence-electron chi connectivity index (χ3n) is 4.07. The summed E-state index contributed by atoms with van der Waals surface area (Å²) in [5.74, 6) is 1.61. The first kappa shape index (κ1) is 16.3. The predicted molar refractivity (Wildman–Crippen MR) is 82.1 cm³/mol. The second kappa shape index (κ2) is 7.24. The molecule has 1 saturated heterocycles. The van der Waals surface area contributed by atoms with Gasteiger partial charge in [0, 0.05) is 26.7 Å². The average Bonchev–Trinajstić information content (AvgIpc) is 3.13. The number of likely N-dealkylation sites (tertiary alicyclic amines) is 1. The Bertz CT molecular complexity index is 541. The smallest absolute Gasteiger partial charge is 0.310 e. The highest BCUT2D eigenvalue weighted by Gasteiger charge is 2.36. The number of aromatic nitrogens is 3. The first-order valence-electron chi connectivity index (χ1n) is 7.50. The number of hydrogen-bond donors (Lipinski definition) is 1. The van der Waals surface area contributed by atoms with Crippen LogP contribution in [0.3, 0.4) is 0 Å². The third-order valence-corrected chi connectivity index (χ3v) is 4.07. The van der Waals surface area contributed by atoms with Crippen LogP contribution in [-0.4, -0.2) is 58.8 Å². The van der Waals surface area contributed by atoms with Gasteiger partial charge in [-0.2, -0.15) is 0 Å². The van der Waals surface area contributed by atoms with Gasteiger partial charge in [0.05, 0.1) is 19.6 Å². The second-order valence-corrected chi connectivity index (χ2v) is 5.45. The molecule has 8 nitrogen and oxygen atoms in total. The first-order chi connectivity index (χ1) is 10.6. The maximum absolute atomic E-state index is 11.8. The van der Waals surface area contributed by atoms with E-state index in [9.17, 15) is 4.79 Å². The van der Waals surface area contributed by atoms with Gasteiger partial charge < -0.3 is 19.5 Å². The molecule has 0 aromatic carbocycles. The van der Waals surface area contributed by atoms with E-state index in [1.807, 2.05) is 11.5 Å². The van der Waals surface area contributed by atoms with Crippen LogP contribution in [0.1, 0.15) is 19.7 Å². The summed E-state index contributed by atoms with van der Waals surface area (Å²) in [7, 11) is 3.17. The van der Waals surface area contributed by atoms with Crippen LogP contribution >= 0.6 is 0 Å². The third kappa shape index (κ3) is 3.37. The molecule has 0 amide bonds. The molecule has 122 valence electrons. The van der Waals surface area contributed by atoms with E-state index in [0.717, 1.165) is 24.9 Å². The Morgan fingerprint density at radius 3 is 2.95 bits per heavy atom. The van der Waals surface area contributed by atoms with Gasteiger partial charge in [-0.1, -0.05) is 6.92 Å². The number of guanidine groups is 1. The van der Waals surface area contributed by atoms with Gasteiger partial charge in [0.15, 0.2) is 11.8 Å². The molecule has 0 saturated carbocycles. The normalized spacial score (nSPS) is 22.0. The van der Waals surface area contributed by atoms with Crippen molar-refractivity contribution < 1.29 is 9.53 Å². The van der Waals surface area contributed by atoms with Crippen LogP contribution < -0.4 is 5.32 Å². The van der Waals surface area contributed by atoms with E-state index in [1.54, 1.807) is 13.4 Å². The van der Waals surface area contributed by atoms with Gasteiger partial charge in [0.25, 0.3) is 0 Å². The standard InChI is InChI=1S/C14H24N6O2/c1-5-19-9-17-18-12(19)6-16-14(15-3)20-7-10(2)11(8-20)13(21)22-4/h9-11H,5-8H2,1-4H3,(H,15,16). The number of carbonyl (C=O) groups is 1. The van der Waals surface area contributed by atoms with Gasteiger partial charge in [-0.3, -0.25) is 9.79 Å². The monoisotopic (exact) mass is 308 g/mol. The molecular weight excluding hydrogens is 284 g/mol. The van der Waals surface area contributed by atoms with Crippen molar-refractivity contribution >= 4 is 11.9 Å². The molecule has 2 heterocycles. The van der Waals surface area contributed by atoms with Gasteiger partial charge in [-0.25, -0.2) is 0 Å². The quantitative estimate of drug-likeness (QED) is 0.483. The Morgan fingerprint density at radius 2 is 2.32 bits per heavy atom. The van der Waals surface area contributed by atoms with Crippen LogP contribution in [0.2, 0.25) is 0 Å². The molecule has 2 rings (SSSR count). The molecule has 2 unspecified atom stereocenters. The fourth-order valence-electron chi connectivity index (χ4n) is 2.77. The molecule has 0 bridgehead atoms. The molecule has 8 heteroatoms. The molecule has 1 aromatic rings. The lowest BCUT2D eigenvalue weighted by Crippen LogP contribution is -2.40. The maximum atomic E-state index is 11.8. The number of ether oxygens (including phenoxy) is 1. The van der Waals surface area contributed by atoms with Crippen molar-refractivity contribution in [2.45, 2.75) is 26.9 Å². The van der Waals surface area contributed by atoms with E-state index in [0.29, 0.717) is 13.1 Å². The van der Waals surface area contributed by atoms with Crippen molar-refractivity contribution in [1.29, 1.82) is 0 Å². The first-order valence-corrected chi connectivity index (χ1v) is 7.50. The van der Waals surface area contributed by atoms with Gasteiger partial charge >= 0.3 is 5.97 Å². The number of rotatable bonds is 4. The molecule has 1 aliphatic heterocycles. The van der Waals surface area contributed by atoms with Crippen LogP contribution in [-0.2, 0) is 22.6 Å². The number of methoxy groups -OCH3 is 1. The highest BCUT2D eigenvalue weighted by molar-refractivity contribution is 5.82. The SMILES string of the molecule is CCn1cnnc1CNC(=NC)N1CC(C)C(C(=O)OC)C1. The Balaban J connectivity index is 1.97. The number of aryl methyl sites for hydroxylation is 1. The summed E-state index contributed by atoms with van der Waals surface area (Å²) in [4.78, 5) is 18.2. The Hall–Kier alpha value is -2.12. The number of esters is 1. The van der Waals surface area contributed by atoms with Crippen molar-refractivity contribution in [3.05, 3.63) is 12.2 Å². The number of hydrogen-bond acceptors (Lipinski definition) is 5. The van der Waals surface area contributed by atoms with Gasteiger partial charge in [-0.15, -0.1) is 10.2 Å². The minimum Gasteiger partial charge on any atom is -0.469 e. The number of aliphatic imine (C=N–C) groups is 1. The fraction of sp³-hybridized carbons (Fsp3) is 0.714. The molecule has 1 N–H and O–H groups in total. The lowest BCUT2D eigenvalue weighted by Gasteiger charge is -2.21. The van der Waals surface area contributed by atoms with Gasteiger partial charge in [-0.05, 0) is 12.8 Å². The van der Waals surface area contributed by atoms with Crippen LogP contribution in [0, 0.1) is 11.8 Å². The minimum absolute atomic E-state index is 0.108. The summed E-state index contributed by atoms with van der Waals surface area (Å²) in [6.45, 7) is 6.88. The van der Waals surface area contributed by atoms with E-state index in [4.69, 9.17) is 4.74 Å². The molecule has 1 aliphatic rings. The Kier molecular flexibility index (Phi) is 5.35. The number of nitrogens with zero attached hydrogens (tertiary/aromatic N) is 5. The van der Waals surface area contributed by atoms with E-state index < -0.39 is 0 Å². The molecule has 0 radical (unpaired) electrons. The van der Waals surface area contributed by atoms with Crippen LogP contribution in [0.5, 0.6) is 0 Å². The molecule has 22 heavy (non-hydrogen) atoms. The highest BCUT2D eigenvalue weighted by atomic mass is 16.5. The van der Waals surface area contributed by atoms with E-state index in [2.05, 4.69) is 32.3 Å². The molecule has 0 spiro atoms. The molecule has 1 aromatic heterocycles. The maximum Gasteiger partial charge on any atom is 0.310 e. The van der Waals surface area contributed by atoms with Gasteiger partial charge in [0.2, 0.25) is 0 Å². The highest BCUT2D eigenvalue weighted by Crippen LogP contribution is 2.24. The van der Waals surface area contributed by atoms with Crippen molar-refractivity contribution in [2.75, 3.05) is 27.2 Å². The zero-order valence-corrected chi connectivity index (χ0v) is 13.6. The van der Waals surface area contributed by atoms with Crippen molar-refractivity contribution in [1.82, 2.24) is 25.0 Å². The zero-order chi connectivity index (χ0) is 16.1. The summed E-state index contributed by atoms with van der Waals surface area (Å²) in [5, 5.41) is 11.3. The fourth-order valence-corrected chi connectivity index (χ4v) is 2.77. The van der Waals surface area contributed by atoms with Crippen LogP contribution in [0.15, 0.2) is 11.3 Å². The summed E-state index contributed by atoms with van der Waals surface area (Å²) in [6, 6.07) is 0. The molecular formula is C14H24N6O2. The molecule has 2 atom stereocenters. The molecule has 0 aliphatic carbocycles. The van der Waals surface area contributed by atoms with E-state index in [-0.39, 0.29) is 17.8 Å². The number of nitrogens with one attached hydrogen (secondary N) is 1. The van der Waals surface area contributed by atoms with E-state index >= 15 is 0 Å². The Morgan fingerprint density at radius 1 is 1.55 bits per heavy atom. The zero-order valence-electron chi connectivity index (χ0n) is 13.6. The lowest BCUT2D eigenvalue weighted by atomic mass is 9.99. The minimum atomic E-state index is -0.156. The van der Waals surface area contributed by atoms with Gasteiger partial charge in [0.1, 0.15) is 6.33 Å². The van der Waals surface area contributed by atoms with Crippen LogP contribution in [0.4, 0.5) is 0 Å². The predicted octanol–water partition coefficient (Wildman–Crippen LogP) is 0.114. The van der Waals surface area contributed by atoms with Crippen molar-refractivity contribution in [3.63, 3.8) is 0 Å². The topological polar surface area (TPSA) is 84.6 Å². The Labute approximate surface area is 130 Å². The summed E-state index contributed by atoms with van der Waals surface area (Å²) < 4.78 is 6.84. The largest absolute Gasteiger partial charge is 0.469 e. The van der Waals surface area contributed by atoms with Crippen LogP contribution in [0.25, 0.3) is 0 Å². The molecule has 1 fully saturated rings. The summed E-state index contributed by atoms with van der Waals surface area (Å²) in [6.07, 6.45) is 1.71. The number of carbonyl (C=O) groups excluding carboxylic acids is 1. The van der Waals surface area contributed by atoms with Crippen molar-refractivity contribution in [2.24, 2.45) is 16.8 Å². The summed E-state index contributed by atoms with van der Waals surface area (Å²) in [5.41, 5.74) is 0. The second-order valence-electron chi connectivity index (χ2n) is 5.45. The summed E-state index contributed by atoms with van der Waals surface area (Å²) >= 11 is 0. The average molecular weight is 308 g/mol. The van der Waals surface area contributed by atoms with E-state index in [1.165, 1.54) is 7.11 Å². The lowest BCUT2D eigenvalue weighted by molar-refractivity contribution is -0.145. The van der Waals surface area contributed by atoms with Crippen molar-refractivity contribution in [3.8, 4) is 0 Å².